The first-order chi connectivity index (χ1) is 44.9. The molecule has 0 spiro atoms. The Kier molecular flexibility index (Phi) is 35.4. The maximum absolute atomic E-state index is 15.3. The fourth-order valence-corrected chi connectivity index (χ4v) is 13.7. The van der Waals surface area contributed by atoms with Crippen molar-refractivity contribution in [3.63, 3.8) is 0 Å². The van der Waals surface area contributed by atoms with Gasteiger partial charge in [0.15, 0.2) is 9.84 Å². The van der Waals surface area contributed by atoms with Crippen molar-refractivity contribution in [1.82, 2.24) is 60.5 Å². The number of aliphatic hydroxyl groups is 1. The monoisotopic (exact) mass is 1390 g/mol. The Balaban J connectivity index is 3.03. The molecule has 2 heterocycles. The van der Waals surface area contributed by atoms with Crippen molar-refractivity contribution in [2.45, 2.75) is 229 Å². The number of sulfone groups is 1. The summed E-state index contributed by atoms with van der Waals surface area (Å²) < 4.78 is 30.4. The van der Waals surface area contributed by atoms with Crippen LogP contribution in [0.4, 0.5) is 0 Å². The summed E-state index contributed by atoms with van der Waals surface area (Å²) in [6.07, 6.45) is 3.13. The summed E-state index contributed by atoms with van der Waals surface area (Å²) in [5, 5.41) is 23.3. The van der Waals surface area contributed by atoms with Crippen molar-refractivity contribution in [3.05, 3.63) is 12.2 Å². The zero-order valence-electron chi connectivity index (χ0n) is 63.0. The number of amides is 11. The predicted molar refractivity (Wildman–Crippen MR) is 373 cm³/mol. The Labute approximate surface area is 579 Å². The summed E-state index contributed by atoms with van der Waals surface area (Å²) in [4.78, 5) is 174. The van der Waals surface area contributed by atoms with Crippen molar-refractivity contribution >= 4 is 74.8 Å². The second-order valence-electron chi connectivity index (χ2n) is 29.2. The van der Waals surface area contributed by atoms with Crippen LogP contribution in [0.15, 0.2) is 12.2 Å². The van der Waals surface area contributed by atoms with Gasteiger partial charge in [-0.25, -0.2) is 8.42 Å². The quantitative estimate of drug-likeness (QED) is 0.0863. The van der Waals surface area contributed by atoms with E-state index in [-0.39, 0.29) is 74.6 Å². The fourth-order valence-electron chi connectivity index (χ4n) is 12.4. The second-order valence-corrected chi connectivity index (χ2v) is 31.5. The standard InChI is InChI=1S/C69H124N12O15S/c1-25-27-28-45(13)58(82)57-62(86)72-50(26-2)65(89)74(18)49(17)64(88)79(23)56(46(14)39-96-34-31-81-32-35-97(94,95)36-33-81)61(85)73-54(43(9)10)68(92)75(19)51(30-29-40(3)4)60(84)70-47(15)59(83)71-48(16)63(87)76(20)52(37-41(5)6)66(90)77(21)53(38-42(7)8)67(91)78(22)55(44(11)12)69(93)80(57)24/h25,27,40-58,82H,26,28-39H2,1-24H3,(H,70,84)(H,71,83)(H,72,86)(H,73,85)/b27-25+/t45-,46-,47+,48-,49-,50+,51+,52+,53+,54+,55+,56+,57+,58-/m1/s1. The molecule has 0 bridgehead atoms. The van der Waals surface area contributed by atoms with Crippen molar-refractivity contribution < 1.29 is 71.0 Å². The number of carbonyl (C=O) groups excluding carboxylic acids is 11. The third-order valence-corrected chi connectivity index (χ3v) is 20.6. The number of carbonyl (C=O) groups is 11. The van der Waals surface area contributed by atoms with Crippen LogP contribution in [0.1, 0.15) is 156 Å². The molecule has 2 aliphatic heterocycles. The predicted octanol–water partition coefficient (Wildman–Crippen LogP) is 2.38. The van der Waals surface area contributed by atoms with E-state index in [9.17, 15) is 42.3 Å². The lowest BCUT2D eigenvalue weighted by molar-refractivity contribution is -0.157. The lowest BCUT2D eigenvalue weighted by atomic mass is 9.91. The molecule has 0 aromatic carbocycles. The van der Waals surface area contributed by atoms with Crippen LogP contribution in [-0.4, -0.2) is 284 Å². The molecule has 5 N–H and O–H groups in total. The van der Waals surface area contributed by atoms with Gasteiger partial charge in [-0.05, 0) is 102 Å². The minimum Gasteiger partial charge on any atom is -0.390 e. The van der Waals surface area contributed by atoms with E-state index < -0.39 is 171 Å². The van der Waals surface area contributed by atoms with E-state index in [0.29, 0.717) is 26.1 Å². The highest BCUT2D eigenvalue weighted by Crippen LogP contribution is 2.26. The zero-order valence-corrected chi connectivity index (χ0v) is 63.8. The molecule has 0 saturated carbocycles. The van der Waals surface area contributed by atoms with Gasteiger partial charge in [-0.3, -0.25) is 57.6 Å². The number of hydrogen-bond donors (Lipinski definition) is 5. The lowest BCUT2D eigenvalue weighted by Gasteiger charge is -2.41. The smallest absolute Gasteiger partial charge is 0.246 e. The maximum Gasteiger partial charge on any atom is 0.246 e. The van der Waals surface area contributed by atoms with Crippen LogP contribution >= 0.6 is 0 Å². The van der Waals surface area contributed by atoms with Gasteiger partial charge in [0.25, 0.3) is 0 Å². The van der Waals surface area contributed by atoms with E-state index >= 15 is 24.0 Å². The van der Waals surface area contributed by atoms with Gasteiger partial charge in [0.05, 0.1) is 30.8 Å². The molecule has 2 rings (SSSR count). The molecular formula is C69H124N12O15S. The minimum absolute atomic E-state index is 0.00563. The number of allylic oxidation sites excluding steroid dienone is 2. The second kappa shape index (κ2) is 39.5. The maximum atomic E-state index is 15.3. The Bertz CT molecular complexity index is 2810. The highest BCUT2D eigenvalue weighted by molar-refractivity contribution is 7.91. The highest BCUT2D eigenvalue weighted by Gasteiger charge is 2.46. The lowest BCUT2D eigenvalue weighted by Crippen LogP contribution is -2.64. The summed E-state index contributed by atoms with van der Waals surface area (Å²) in [5.74, 6) is -10.9. The van der Waals surface area contributed by atoms with Gasteiger partial charge in [0.1, 0.15) is 66.5 Å². The third kappa shape index (κ3) is 24.6. The van der Waals surface area contributed by atoms with Gasteiger partial charge in [-0.15, -0.1) is 0 Å². The molecule has 28 heteroatoms. The van der Waals surface area contributed by atoms with Crippen LogP contribution in [0.2, 0.25) is 0 Å². The molecular weight excluding hydrogens is 1270 g/mol. The van der Waals surface area contributed by atoms with Gasteiger partial charge in [0, 0.05) is 74.9 Å². The first-order valence-corrected chi connectivity index (χ1v) is 36.6. The molecule has 27 nitrogen and oxygen atoms in total. The molecule has 0 aliphatic carbocycles. The Morgan fingerprint density at radius 1 is 0.526 bits per heavy atom. The van der Waals surface area contributed by atoms with E-state index in [1.54, 1.807) is 67.5 Å². The van der Waals surface area contributed by atoms with E-state index in [2.05, 4.69) is 21.3 Å². The Morgan fingerprint density at radius 2 is 1.01 bits per heavy atom. The molecule has 2 fully saturated rings. The van der Waals surface area contributed by atoms with E-state index in [1.807, 2.05) is 46.4 Å². The van der Waals surface area contributed by atoms with Gasteiger partial charge in [-0.1, -0.05) is 102 Å². The van der Waals surface area contributed by atoms with Crippen LogP contribution in [0.5, 0.6) is 0 Å². The number of hydrogen-bond acceptors (Lipinski definition) is 16. The van der Waals surface area contributed by atoms with Crippen LogP contribution < -0.4 is 21.3 Å². The zero-order chi connectivity index (χ0) is 74.6. The van der Waals surface area contributed by atoms with E-state index in [1.165, 1.54) is 89.7 Å². The number of likely N-dealkylation sites (N-methyl/N-ethyl adjacent to an activating group) is 7. The molecule has 2 saturated heterocycles. The SMILES string of the molecule is C/C=C/C[C@@H](C)[C@@H](O)[C@H]1C(=O)N[C@@H](CC)C(=O)N(C)[C@H](C)C(=O)N(C)[C@@H]([C@H](C)COCCN2CCS(=O)(=O)CC2)C(=O)N[C@@H](C(C)C)C(=O)N(C)[C@@H](CCC(C)C)C(=O)N[C@@H](C)C(=O)N[C@H](C)C(=O)N(C)[C@@H](CC(C)C)C(=O)N(C)[C@@H](CC(C)C)C(=O)N(C)[C@@H](C(C)C)C(=O)N1C. The minimum atomic E-state index is -3.15. The Hall–Kier alpha value is -6.26. The first kappa shape index (κ1) is 86.8. The number of ether oxygens (including phenoxy) is 1. The molecule has 0 aromatic heterocycles. The van der Waals surface area contributed by atoms with Crippen molar-refractivity contribution in [2.24, 2.45) is 41.4 Å². The third-order valence-electron chi connectivity index (χ3n) is 19.0. The molecule has 556 valence electrons. The average molecular weight is 1390 g/mol. The van der Waals surface area contributed by atoms with E-state index in [4.69, 9.17) is 4.74 Å². The van der Waals surface area contributed by atoms with Crippen LogP contribution in [-0.2, 0) is 67.3 Å². The number of nitrogens with one attached hydrogen (secondary N) is 4. The van der Waals surface area contributed by atoms with Gasteiger partial charge in [0.2, 0.25) is 65.0 Å². The highest BCUT2D eigenvalue weighted by atomic mass is 32.2. The molecule has 14 atom stereocenters. The molecule has 0 radical (unpaired) electrons. The topological polar surface area (TPSA) is 325 Å². The molecule has 0 aromatic rings. The van der Waals surface area contributed by atoms with Gasteiger partial charge < -0.3 is 65.4 Å². The fraction of sp³-hybridized carbons (Fsp3) is 0.812. The van der Waals surface area contributed by atoms with Crippen LogP contribution in [0.3, 0.4) is 0 Å². The molecule has 2 aliphatic rings. The number of nitrogens with zero attached hydrogens (tertiary/aromatic N) is 8. The van der Waals surface area contributed by atoms with Gasteiger partial charge >= 0.3 is 0 Å². The van der Waals surface area contributed by atoms with E-state index in [0.717, 1.165) is 14.7 Å². The largest absolute Gasteiger partial charge is 0.390 e. The van der Waals surface area contributed by atoms with Crippen LogP contribution in [0.25, 0.3) is 0 Å². The summed E-state index contributed by atoms with van der Waals surface area (Å²) in [7, 11) is 6.66. The molecule has 11 amide bonds. The summed E-state index contributed by atoms with van der Waals surface area (Å²) >= 11 is 0. The molecule has 97 heavy (non-hydrogen) atoms. The summed E-state index contributed by atoms with van der Waals surface area (Å²) in [5.41, 5.74) is 0. The van der Waals surface area contributed by atoms with Crippen molar-refractivity contribution in [1.29, 1.82) is 0 Å². The van der Waals surface area contributed by atoms with Crippen molar-refractivity contribution in [3.8, 4) is 0 Å². The van der Waals surface area contributed by atoms with Crippen molar-refractivity contribution in [2.75, 3.05) is 93.7 Å². The first-order valence-electron chi connectivity index (χ1n) is 34.8. The number of aliphatic hydroxyl groups excluding tert-OH is 1. The number of rotatable bonds is 20. The summed E-state index contributed by atoms with van der Waals surface area (Å²) in [6, 6.07) is -14.3. The van der Waals surface area contributed by atoms with Crippen LogP contribution in [0, 0.1) is 41.4 Å². The average Bonchev–Trinajstić information content (AvgIpc) is 0.809. The Morgan fingerprint density at radius 3 is 1.51 bits per heavy atom. The molecule has 0 unspecified atom stereocenters. The summed E-state index contributed by atoms with van der Waals surface area (Å²) in [6.45, 7) is 30.3. The normalized spacial score (nSPS) is 27.8. The van der Waals surface area contributed by atoms with Gasteiger partial charge in [-0.2, -0.15) is 0 Å².